The molecule has 1 aliphatic heterocycles. The summed E-state index contributed by atoms with van der Waals surface area (Å²) >= 11 is 5.97. The van der Waals surface area contributed by atoms with Crippen molar-refractivity contribution in [2.75, 3.05) is 36.4 Å². The molecule has 28 heavy (non-hydrogen) atoms. The summed E-state index contributed by atoms with van der Waals surface area (Å²) in [6.45, 7) is 4.92. The van der Waals surface area contributed by atoms with Crippen molar-refractivity contribution in [2.45, 2.75) is 19.1 Å². The quantitative estimate of drug-likeness (QED) is 0.809. The normalized spacial score (nSPS) is 16.7. The maximum absolute atomic E-state index is 12.9. The van der Waals surface area contributed by atoms with Crippen LogP contribution >= 0.6 is 11.6 Å². The Labute approximate surface area is 166 Å². The number of carbonyl (C=O) groups excluding carboxylic acids is 1. The van der Waals surface area contributed by atoms with Crippen LogP contribution < -0.4 is 15.1 Å². The standard InChI is InChI=1S/C20H21ClF3N3O/c1-14(26-9-11-27(12-10-26)16-5-3-2-4-6-16)19(28)25-18-13-15(20(22,23)24)7-8-17(18)21/h2-8,13-14H,9-12H2,1H3,(H,25,28)/p+1/t14-/m1/s1. The van der Waals surface area contributed by atoms with Crippen LogP contribution in [0.1, 0.15) is 12.5 Å². The second-order valence-corrected chi connectivity index (χ2v) is 7.29. The first kappa shape index (κ1) is 20.5. The molecule has 0 radical (unpaired) electrons. The largest absolute Gasteiger partial charge is 0.416 e. The lowest BCUT2D eigenvalue weighted by Gasteiger charge is -2.36. The molecule has 2 N–H and O–H groups in total. The molecule has 0 unspecified atom stereocenters. The minimum atomic E-state index is -4.49. The van der Waals surface area contributed by atoms with Gasteiger partial charge in [-0.15, -0.1) is 0 Å². The number of alkyl halides is 3. The topological polar surface area (TPSA) is 36.8 Å². The van der Waals surface area contributed by atoms with Gasteiger partial charge in [0.05, 0.1) is 42.5 Å². The number of carbonyl (C=O) groups is 1. The zero-order valence-corrected chi connectivity index (χ0v) is 16.1. The molecule has 1 amide bonds. The van der Waals surface area contributed by atoms with E-state index < -0.39 is 17.8 Å². The average molecular weight is 413 g/mol. The van der Waals surface area contributed by atoms with E-state index in [1.165, 1.54) is 0 Å². The first-order chi connectivity index (χ1) is 13.3. The SMILES string of the molecule is C[C@H](C(=O)Nc1cc(C(F)(F)F)ccc1Cl)[NH+]1CCN(c2ccccc2)CC1. The Morgan fingerprint density at radius 1 is 1.14 bits per heavy atom. The summed E-state index contributed by atoms with van der Waals surface area (Å²) in [5.41, 5.74) is 0.286. The van der Waals surface area contributed by atoms with Crippen molar-refractivity contribution in [3.63, 3.8) is 0 Å². The van der Waals surface area contributed by atoms with Gasteiger partial charge in [-0.3, -0.25) is 4.79 Å². The Morgan fingerprint density at radius 3 is 2.39 bits per heavy atom. The number of piperazine rings is 1. The van der Waals surface area contributed by atoms with Crippen LogP contribution in [-0.4, -0.2) is 38.1 Å². The molecular weight excluding hydrogens is 391 g/mol. The number of benzene rings is 2. The second kappa shape index (κ2) is 8.41. The summed E-state index contributed by atoms with van der Waals surface area (Å²) in [5, 5.41) is 2.64. The predicted octanol–water partition coefficient (Wildman–Crippen LogP) is 3.09. The number of anilines is 2. The summed E-state index contributed by atoms with van der Waals surface area (Å²) in [7, 11) is 0. The van der Waals surface area contributed by atoms with E-state index in [9.17, 15) is 18.0 Å². The summed E-state index contributed by atoms with van der Waals surface area (Å²) < 4.78 is 38.7. The van der Waals surface area contributed by atoms with Gasteiger partial charge >= 0.3 is 6.18 Å². The van der Waals surface area contributed by atoms with Gasteiger partial charge in [-0.1, -0.05) is 29.8 Å². The van der Waals surface area contributed by atoms with E-state index in [1.54, 1.807) is 6.92 Å². The van der Waals surface area contributed by atoms with Crippen molar-refractivity contribution in [1.29, 1.82) is 0 Å². The van der Waals surface area contributed by atoms with Crippen LogP contribution in [-0.2, 0) is 11.0 Å². The molecule has 2 aromatic carbocycles. The Balaban J connectivity index is 1.61. The highest BCUT2D eigenvalue weighted by Crippen LogP contribution is 2.33. The number of halogens is 4. The fourth-order valence-electron chi connectivity index (χ4n) is 3.35. The lowest BCUT2D eigenvalue weighted by molar-refractivity contribution is -0.914. The zero-order valence-electron chi connectivity index (χ0n) is 15.4. The summed E-state index contributed by atoms with van der Waals surface area (Å²) in [4.78, 5) is 15.9. The number of hydrogen-bond acceptors (Lipinski definition) is 2. The Bertz CT molecular complexity index is 821. The number of nitrogens with zero attached hydrogens (tertiary/aromatic N) is 1. The number of quaternary nitrogens is 1. The fourth-order valence-corrected chi connectivity index (χ4v) is 3.51. The zero-order chi connectivity index (χ0) is 20.3. The van der Waals surface area contributed by atoms with Crippen molar-refractivity contribution in [3.8, 4) is 0 Å². The van der Waals surface area contributed by atoms with Crippen LogP contribution in [0.15, 0.2) is 48.5 Å². The summed E-state index contributed by atoms with van der Waals surface area (Å²) in [5.74, 6) is -0.343. The molecular formula is C20H22ClF3N3O+. The summed E-state index contributed by atoms with van der Waals surface area (Å²) in [6, 6.07) is 12.6. The molecule has 1 heterocycles. The predicted molar refractivity (Wildman–Crippen MR) is 104 cm³/mol. The van der Waals surface area contributed by atoms with Gasteiger partial charge in [0.2, 0.25) is 0 Å². The maximum Gasteiger partial charge on any atom is 0.416 e. The van der Waals surface area contributed by atoms with Crippen LogP contribution in [0.3, 0.4) is 0 Å². The Kier molecular flexibility index (Phi) is 6.15. The first-order valence-electron chi connectivity index (χ1n) is 9.08. The number of amides is 1. The molecule has 0 bridgehead atoms. The van der Waals surface area contributed by atoms with Crippen molar-refractivity contribution in [2.24, 2.45) is 0 Å². The molecule has 8 heteroatoms. The Morgan fingerprint density at radius 2 is 1.79 bits per heavy atom. The van der Waals surface area contributed by atoms with Crippen LogP contribution in [0.2, 0.25) is 5.02 Å². The van der Waals surface area contributed by atoms with Gasteiger partial charge in [0.25, 0.3) is 5.91 Å². The van der Waals surface area contributed by atoms with Crippen molar-refractivity contribution < 1.29 is 22.9 Å². The third kappa shape index (κ3) is 4.77. The lowest BCUT2D eigenvalue weighted by Crippen LogP contribution is -3.19. The average Bonchev–Trinajstić information content (AvgIpc) is 2.69. The van der Waals surface area contributed by atoms with Gasteiger partial charge in [-0.25, -0.2) is 0 Å². The third-order valence-electron chi connectivity index (χ3n) is 5.08. The van der Waals surface area contributed by atoms with E-state index in [4.69, 9.17) is 11.6 Å². The number of nitrogens with one attached hydrogen (secondary N) is 2. The molecule has 2 aromatic rings. The van der Waals surface area contributed by atoms with E-state index >= 15 is 0 Å². The van der Waals surface area contributed by atoms with E-state index in [2.05, 4.69) is 22.3 Å². The fraction of sp³-hybridized carbons (Fsp3) is 0.350. The van der Waals surface area contributed by atoms with E-state index in [0.717, 1.165) is 55.0 Å². The lowest BCUT2D eigenvalue weighted by atomic mass is 10.1. The smallest absolute Gasteiger partial charge is 0.360 e. The molecule has 3 rings (SSSR count). The van der Waals surface area contributed by atoms with Gasteiger partial charge in [0.1, 0.15) is 0 Å². The highest BCUT2D eigenvalue weighted by molar-refractivity contribution is 6.33. The first-order valence-corrected chi connectivity index (χ1v) is 9.45. The second-order valence-electron chi connectivity index (χ2n) is 6.88. The molecule has 0 aliphatic carbocycles. The minimum Gasteiger partial charge on any atom is -0.360 e. The van der Waals surface area contributed by atoms with Crippen molar-refractivity contribution >= 4 is 28.9 Å². The molecule has 0 saturated carbocycles. The van der Waals surface area contributed by atoms with E-state index in [-0.39, 0.29) is 16.6 Å². The van der Waals surface area contributed by atoms with Crippen LogP contribution in [0, 0.1) is 0 Å². The van der Waals surface area contributed by atoms with Gasteiger partial charge < -0.3 is 15.1 Å². The Hall–Kier alpha value is -2.25. The molecule has 4 nitrogen and oxygen atoms in total. The van der Waals surface area contributed by atoms with Crippen molar-refractivity contribution in [3.05, 3.63) is 59.1 Å². The van der Waals surface area contributed by atoms with Gasteiger partial charge in [-0.2, -0.15) is 13.2 Å². The van der Waals surface area contributed by atoms with Gasteiger partial charge in [0, 0.05) is 5.69 Å². The highest BCUT2D eigenvalue weighted by Gasteiger charge is 2.32. The number of hydrogen-bond donors (Lipinski definition) is 2. The number of rotatable bonds is 4. The van der Waals surface area contributed by atoms with Crippen LogP contribution in [0.5, 0.6) is 0 Å². The minimum absolute atomic E-state index is 0.0179. The van der Waals surface area contributed by atoms with Gasteiger partial charge in [0.15, 0.2) is 6.04 Å². The van der Waals surface area contributed by atoms with E-state index in [1.807, 2.05) is 18.2 Å². The van der Waals surface area contributed by atoms with Crippen LogP contribution in [0.4, 0.5) is 24.5 Å². The highest BCUT2D eigenvalue weighted by atomic mass is 35.5. The molecule has 0 spiro atoms. The molecule has 0 aromatic heterocycles. The molecule has 1 fully saturated rings. The maximum atomic E-state index is 12.9. The van der Waals surface area contributed by atoms with Crippen LogP contribution in [0.25, 0.3) is 0 Å². The number of para-hydroxylation sites is 1. The van der Waals surface area contributed by atoms with Gasteiger partial charge in [-0.05, 0) is 37.3 Å². The molecule has 150 valence electrons. The van der Waals surface area contributed by atoms with Crippen molar-refractivity contribution in [1.82, 2.24) is 0 Å². The third-order valence-corrected chi connectivity index (χ3v) is 5.41. The molecule has 1 atom stereocenters. The molecule has 1 aliphatic rings. The monoisotopic (exact) mass is 412 g/mol. The summed E-state index contributed by atoms with van der Waals surface area (Å²) in [6.07, 6.45) is -4.49. The van der Waals surface area contributed by atoms with E-state index in [0.29, 0.717) is 0 Å². The molecule has 1 saturated heterocycles.